The highest BCUT2D eigenvalue weighted by Crippen LogP contribution is 2.38. The van der Waals surface area contributed by atoms with Gasteiger partial charge in [0.2, 0.25) is 5.75 Å². The van der Waals surface area contributed by atoms with E-state index in [0.29, 0.717) is 34.8 Å². The number of nitro benzene ring substituents is 1. The number of aromatic nitrogens is 1. The van der Waals surface area contributed by atoms with Crippen molar-refractivity contribution in [2.24, 2.45) is 0 Å². The number of hydrogen-bond donors (Lipinski definition) is 1. The van der Waals surface area contributed by atoms with E-state index in [4.69, 9.17) is 9.47 Å². The Kier molecular flexibility index (Phi) is 8.33. The van der Waals surface area contributed by atoms with Crippen LogP contribution in [-0.2, 0) is 11.0 Å². The number of hydrogen-bond acceptors (Lipinski definition) is 6. The van der Waals surface area contributed by atoms with Crippen molar-refractivity contribution in [3.8, 4) is 29.0 Å². The second-order valence-electron chi connectivity index (χ2n) is 9.05. The minimum absolute atomic E-state index is 0.104. The predicted molar refractivity (Wildman–Crippen MR) is 149 cm³/mol. The summed E-state index contributed by atoms with van der Waals surface area (Å²) in [6.07, 6.45) is -3.25. The molecule has 0 saturated heterocycles. The number of nitrogens with one attached hydrogen (secondary N) is 1. The molecular formula is C30H23F3N4O5. The summed E-state index contributed by atoms with van der Waals surface area (Å²) in [7, 11) is 1.53. The number of methoxy groups -OCH3 is 1. The van der Waals surface area contributed by atoms with Gasteiger partial charge in [-0.1, -0.05) is 0 Å². The quantitative estimate of drug-likeness (QED) is 0.101. The lowest BCUT2D eigenvalue weighted by Crippen LogP contribution is -2.13. The van der Waals surface area contributed by atoms with Crippen LogP contribution in [0.2, 0.25) is 0 Å². The molecule has 12 heteroatoms. The number of nitrogens with zero attached hydrogens (tertiary/aromatic N) is 3. The van der Waals surface area contributed by atoms with Gasteiger partial charge in [0.05, 0.1) is 17.6 Å². The van der Waals surface area contributed by atoms with Crippen molar-refractivity contribution < 1.29 is 32.4 Å². The average Bonchev–Trinajstić information content (AvgIpc) is 3.24. The Labute approximate surface area is 238 Å². The summed E-state index contributed by atoms with van der Waals surface area (Å²) in [6.45, 7) is 3.65. The van der Waals surface area contributed by atoms with E-state index in [1.165, 1.54) is 25.3 Å². The number of anilines is 1. The predicted octanol–water partition coefficient (Wildman–Crippen LogP) is 7.37. The number of benzene rings is 3. The number of alkyl halides is 3. The van der Waals surface area contributed by atoms with Crippen molar-refractivity contribution in [3.63, 3.8) is 0 Å². The van der Waals surface area contributed by atoms with E-state index in [0.717, 1.165) is 17.5 Å². The molecule has 4 aromatic rings. The maximum atomic E-state index is 13.0. The summed E-state index contributed by atoms with van der Waals surface area (Å²) in [5.41, 5.74) is 1.26. The Bertz CT molecular complexity index is 1720. The molecule has 0 unspecified atom stereocenters. The topological polar surface area (TPSA) is 119 Å². The zero-order valence-electron chi connectivity index (χ0n) is 22.5. The fourth-order valence-electron chi connectivity index (χ4n) is 4.22. The van der Waals surface area contributed by atoms with E-state index in [9.17, 15) is 33.3 Å². The van der Waals surface area contributed by atoms with Crippen molar-refractivity contribution >= 4 is 23.4 Å². The smallest absolute Gasteiger partial charge is 0.416 e. The third-order valence-electron chi connectivity index (χ3n) is 6.29. The minimum Gasteiger partial charge on any atom is -0.497 e. The fourth-order valence-corrected chi connectivity index (χ4v) is 4.22. The molecular weight excluding hydrogens is 553 g/mol. The second-order valence-corrected chi connectivity index (χ2v) is 9.05. The number of amides is 1. The molecule has 1 N–H and O–H groups in total. The Balaban J connectivity index is 1.56. The van der Waals surface area contributed by atoms with Gasteiger partial charge in [0.1, 0.15) is 23.1 Å². The van der Waals surface area contributed by atoms with E-state index in [1.54, 1.807) is 36.4 Å². The van der Waals surface area contributed by atoms with Crippen molar-refractivity contribution in [3.05, 3.63) is 111 Å². The first-order chi connectivity index (χ1) is 19.9. The monoisotopic (exact) mass is 576 g/mol. The second kappa shape index (κ2) is 11.9. The Hall–Kier alpha value is -5.57. The Morgan fingerprint density at radius 2 is 1.67 bits per heavy atom. The number of carbonyl (C=O) groups excluding carboxylic acids is 1. The van der Waals surface area contributed by atoms with Crippen LogP contribution < -0.4 is 14.8 Å². The van der Waals surface area contributed by atoms with Crippen molar-refractivity contribution in [2.75, 3.05) is 12.4 Å². The van der Waals surface area contributed by atoms with Gasteiger partial charge in [0.25, 0.3) is 5.91 Å². The molecule has 0 aliphatic rings. The van der Waals surface area contributed by atoms with Gasteiger partial charge in [-0.25, -0.2) is 0 Å². The van der Waals surface area contributed by atoms with E-state index in [-0.39, 0.29) is 17.1 Å². The molecule has 0 atom stereocenters. The largest absolute Gasteiger partial charge is 0.497 e. The van der Waals surface area contributed by atoms with Crippen LogP contribution in [0, 0.1) is 35.3 Å². The standard InChI is InChI=1S/C30H23F3N4O5/c1-18-14-20(15-21(17-34)29(38)35-23-5-9-25(41-3)10-6-23)19(2)36(18)24-7-11-26(12-8-24)42-28-13-4-22(30(31,32)33)16-27(28)37(39)40/h4-16H,1-3H3,(H,35,38)/b21-15+. The summed E-state index contributed by atoms with van der Waals surface area (Å²) in [6, 6.07) is 18.8. The maximum absolute atomic E-state index is 13.0. The van der Waals surface area contributed by atoms with Crippen LogP contribution >= 0.6 is 0 Å². The molecule has 214 valence electrons. The van der Waals surface area contributed by atoms with Crippen LogP contribution in [-0.4, -0.2) is 22.5 Å². The molecule has 0 fully saturated rings. The van der Waals surface area contributed by atoms with E-state index in [1.807, 2.05) is 30.6 Å². The first-order valence-corrected chi connectivity index (χ1v) is 12.3. The van der Waals surface area contributed by atoms with Crippen molar-refractivity contribution in [1.82, 2.24) is 4.57 Å². The summed E-state index contributed by atoms with van der Waals surface area (Å²) in [4.78, 5) is 23.2. The Morgan fingerprint density at radius 1 is 1.02 bits per heavy atom. The number of nitro groups is 1. The van der Waals surface area contributed by atoms with Crippen LogP contribution in [0.3, 0.4) is 0 Å². The minimum atomic E-state index is -4.74. The van der Waals surface area contributed by atoms with Crippen LogP contribution in [0.5, 0.6) is 17.2 Å². The number of halogens is 3. The first-order valence-electron chi connectivity index (χ1n) is 12.3. The highest BCUT2D eigenvalue weighted by molar-refractivity contribution is 6.09. The lowest BCUT2D eigenvalue weighted by Gasteiger charge is -2.12. The molecule has 0 radical (unpaired) electrons. The van der Waals surface area contributed by atoms with Crippen molar-refractivity contribution in [1.29, 1.82) is 5.26 Å². The van der Waals surface area contributed by atoms with E-state index < -0.39 is 28.3 Å². The van der Waals surface area contributed by atoms with Gasteiger partial charge < -0.3 is 19.4 Å². The molecule has 9 nitrogen and oxygen atoms in total. The van der Waals surface area contributed by atoms with Gasteiger partial charge in [0.15, 0.2) is 0 Å². The van der Waals surface area contributed by atoms with Gasteiger partial charge in [-0.3, -0.25) is 14.9 Å². The first kappa shape index (κ1) is 29.4. The average molecular weight is 577 g/mol. The lowest BCUT2D eigenvalue weighted by atomic mass is 10.1. The van der Waals surface area contributed by atoms with Crippen molar-refractivity contribution in [2.45, 2.75) is 20.0 Å². The van der Waals surface area contributed by atoms with Gasteiger partial charge in [0, 0.05) is 28.8 Å². The van der Waals surface area contributed by atoms with Gasteiger partial charge in [-0.2, -0.15) is 18.4 Å². The van der Waals surface area contributed by atoms with Crippen LogP contribution in [0.25, 0.3) is 11.8 Å². The molecule has 1 amide bonds. The van der Waals surface area contributed by atoms with E-state index >= 15 is 0 Å². The highest BCUT2D eigenvalue weighted by Gasteiger charge is 2.33. The summed E-state index contributed by atoms with van der Waals surface area (Å²) >= 11 is 0. The van der Waals surface area contributed by atoms with Crippen LogP contribution in [0.4, 0.5) is 24.5 Å². The molecule has 0 aliphatic heterocycles. The van der Waals surface area contributed by atoms with Crippen LogP contribution in [0.1, 0.15) is 22.5 Å². The zero-order valence-corrected chi connectivity index (χ0v) is 22.5. The molecule has 0 aliphatic carbocycles. The molecule has 0 saturated carbocycles. The third kappa shape index (κ3) is 6.42. The number of carbonyl (C=O) groups is 1. The maximum Gasteiger partial charge on any atom is 0.416 e. The molecule has 42 heavy (non-hydrogen) atoms. The zero-order chi connectivity index (χ0) is 30.6. The fraction of sp³-hybridized carbons (Fsp3) is 0.133. The number of nitriles is 1. The molecule has 3 aromatic carbocycles. The Morgan fingerprint density at radius 3 is 2.24 bits per heavy atom. The van der Waals surface area contributed by atoms with Gasteiger partial charge >= 0.3 is 11.9 Å². The van der Waals surface area contributed by atoms with E-state index in [2.05, 4.69) is 5.32 Å². The molecule has 1 aromatic heterocycles. The van der Waals surface area contributed by atoms with Crippen LogP contribution in [0.15, 0.2) is 78.4 Å². The molecule has 0 bridgehead atoms. The normalized spacial score (nSPS) is 11.5. The summed E-state index contributed by atoms with van der Waals surface area (Å²) in [5.74, 6) is -0.118. The summed E-state index contributed by atoms with van der Waals surface area (Å²) < 4.78 is 51.5. The molecule has 1 heterocycles. The lowest BCUT2D eigenvalue weighted by molar-refractivity contribution is -0.385. The van der Waals surface area contributed by atoms with Gasteiger partial charge in [-0.05, 0) is 92.2 Å². The highest BCUT2D eigenvalue weighted by atomic mass is 19.4. The molecule has 4 rings (SSSR count). The number of aryl methyl sites for hydroxylation is 1. The number of rotatable bonds is 8. The SMILES string of the molecule is COc1ccc(NC(=O)/C(C#N)=C/c2cc(C)n(-c3ccc(Oc4ccc(C(F)(F)F)cc4[N+](=O)[O-])cc3)c2C)cc1. The van der Waals surface area contributed by atoms with Gasteiger partial charge in [-0.15, -0.1) is 0 Å². The third-order valence-corrected chi connectivity index (χ3v) is 6.29. The summed E-state index contributed by atoms with van der Waals surface area (Å²) in [5, 5.41) is 23.7. The number of ether oxygens (including phenoxy) is 2. The molecule has 0 spiro atoms.